The number of rotatable bonds is 5. The summed E-state index contributed by atoms with van der Waals surface area (Å²) in [6.07, 6.45) is 3.21. The molecule has 0 spiro atoms. The van der Waals surface area contributed by atoms with Crippen molar-refractivity contribution in [3.05, 3.63) is 124 Å². The Morgan fingerprint density at radius 3 is 2.47 bits per heavy atom. The predicted molar refractivity (Wildman–Crippen MR) is 145 cm³/mol. The number of benzene rings is 3. The van der Waals surface area contributed by atoms with E-state index in [9.17, 15) is 14.9 Å². The number of aromatic nitrogens is 1. The first-order valence-electron chi connectivity index (χ1n) is 12.1. The molecule has 1 aliphatic carbocycles. The number of thiazole rings is 1. The normalized spacial score (nSPS) is 16.3. The Morgan fingerprint density at radius 1 is 1.03 bits per heavy atom. The monoisotopic (exact) mass is 525 g/mol. The fourth-order valence-electron chi connectivity index (χ4n) is 5.26. The molecule has 4 aromatic rings. The van der Waals surface area contributed by atoms with Gasteiger partial charge >= 0.3 is 0 Å². The lowest BCUT2D eigenvalue weighted by Gasteiger charge is -2.30. The van der Waals surface area contributed by atoms with Crippen molar-refractivity contribution >= 4 is 28.8 Å². The molecule has 0 radical (unpaired) electrons. The highest BCUT2D eigenvalue weighted by atomic mass is 32.1. The molecule has 1 atom stereocenters. The summed E-state index contributed by atoms with van der Waals surface area (Å²) in [7, 11) is 2.88. The van der Waals surface area contributed by atoms with Gasteiger partial charge in [0.15, 0.2) is 16.3 Å². The minimum absolute atomic E-state index is 0.179. The molecule has 6 rings (SSSR count). The summed E-state index contributed by atoms with van der Waals surface area (Å²) >= 11 is 1.23. The van der Waals surface area contributed by atoms with E-state index in [4.69, 9.17) is 14.5 Å². The molecule has 2 heterocycles. The number of hydrogen-bond acceptors (Lipinski definition) is 7. The van der Waals surface area contributed by atoms with Crippen LogP contribution in [0.1, 0.15) is 34.7 Å². The zero-order valence-corrected chi connectivity index (χ0v) is 21.5. The maximum atomic E-state index is 13.9. The SMILES string of the molecule is COc1cc(C=c2sc3n(c2=O)C(c2ccccc2)C2=C(N=3)c3ccccc3CC2)c([N+](=O)[O-])cc1OC. The fourth-order valence-corrected chi connectivity index (χ4v) is 6.25. The van der Waals surface area contributed by atoms with Gasteiger partial charge in [-0.25, -0.2) is 4.99 Å². The molecule has 0 bridgehead atoms. The zero-order valence-electron chi connectivity index (χ0n) is 20.7. The van der Waals surface area contributed by atoms with E-state index in [0.29, 0.717) is 15.1 Å². The summed E-state index contributed by atoms with van der Waals surface area (Å²) in [6, 6.07) is 20.7. The van der Waals surface area contributed by atoms with Crippen LogP contribution in [-0.2, 0) is 6.42 Å². The second-order valence-corrected chi connectivity index (χ2v) is 10.1. The predicted octanol–water partition coefficient (Wildman–Crippen LogP) is 4.24. The van der Waals surface area contributed by atoms with Gasteiger partial charge in [-0.15, -0.1) is 0 Å². The molecule has 9 heteroatoms. The van der Waals surface area contributed by atoms with E-state index < -0.39 is 4.92 Å². The Balaban J connectivity index is 1.62. The smallest absolute Gasteiger partial charge is 0.280 e. The molecule has 0 saturated carbocycles. The molecule has 3 aromatic carbocycles. The number of aryl methyl sites for hydroxylation is 1. The van der Waals surface area contributed by atoms with Crippen molar-refractivity contribution in [2.75, 3.05) is 14.2 Å². The standard InChI is InChI=1S/C29H23N3O5S/c1-36-23-14-19(22(32(34)35)16-24(23)37-2)15-25-28(33)31-27(18-9-4-3-5-10-18)21-13-12-17-8-6-7-11-20(17)26(21)30-29(31)38-25/h3-11,14-16,27H,12-13H2,1-2H3. The summed E-state index contributed by atoms with van der Waals surface area (Å²) < 4.78 is 12.7. The molecule has 1 aliphatic heterocycles. The molecule has 0 amide bonds. The van der Waals surface area contributed by atoms with Crippen LogP contribution in [0.3, 0.4) is 0 Å². The van der Waals surface area contributed by atoms with Gasteiger partial charge in [0.1, 0.15) is 0 Å². The topological polar surface area (TPSA) is 96.0 Å². The van der Waals surface area contributed by atoms with Gasteiger partial charge in [-0.3, -0.25) is 19.5 Å². The number of nitro benzene ring substituents is 1. The number of hydrogen-bond donors (Lipinski definition) is 0. The molecule has 2 aliphatic rings. The summed E-state index contributed by atoms with van der Waals surface area (Å²) in [6.45, 7) is 0. The van der Waals surface area contributed by atoms with E-state index in [2.05, 4.69) is 12.1 Å². The summed E-state index contributed by atoms with van der Waals surface area (Å²) in [5.74, 6) is 0.583. The van der Waals surface area contributed by atoms with E-state index in [1.807, 2.05) is 42.5 Å². The lowest BCUT2D eigenvalue weighted by molar-refractivity contribution is -0.385. The van der Waals surface area contributed by atoms with Gasteiger partial charge in [-0.05, 0) is 41.7 Å². The molecule has 190 valence electrons. The molecule has 38 heavy (non-hydrogen) atoms. The molecule has 8 nitrogen and oxygen atoms in total. The van der Waals surface area contributed by atoms with E-state index in [-0.39, 0.29) is 28.6 Å². The van der Waals surface area contributed by atoms with Gasteiger partial charge in [-0.2, -0.15) is 0 Å². The van der Waals surface area contributed by atoms with Crippen molar-refractivity contribution in [1.29, 1.82) is 0 Å². The molecule has 0 saturated heterocycles. The van der Waals surface area contributed by atoms with Crippen LogP contribution in [0.4, 0.5) is 5.69 Å². The van der Waals surface area contributed by atoms with Gasteiger partial charge in [-0.1, -0.05) is 65.9 Å². The van der Waals surface area contributed by atoms with E-state index in [0.717, 1.165) is 35.2 Å². The van der Waals surface area contributed by atoms with Crippen molar-refractivity contribution in [3.63, 3.8) is 0 Å². The third-order valence-electron chi connectivity index (χ3n) is 7.00. The van der Waals surface area contributed by atoms with Gasteiger partial charge in [0.2, 0.25) is 0 Å². The average Bonchev–Trinajstić information content (AvgIpc) is 3.25. The van der Waals surface area contributed by atoms with Crippen LogP contribution in [0.5, 0.6) is 11.5 Å². The van der Waals surface area contributed by atoms with Crippen LogP contribution in [0, 0.1) is 10.1 Å². The van der Waals surface area contributed by atoms with Crippen LogP contribution < -0.4 is 24.4 Å². The van der Waals surface area contributed by atoms with Crippen LogP contribution >= 0.6 is 11.3 Å². The lowest BCUT2D eigenvalue weighted by atomic mass is 9.83. The Morgan fingerprint density at radius 2 is 1.74 bits per heavy atom. The highest BCUT2D eigenvalue weighted by Crippen LogP contribution is 2.41. The minimum Gasteiger partial charge on any atom is -0.493 e. The van der Waals surface area contributed by atoms with E-state index in [1.165, 1.54) is 43.3 Å². The Hall–Kier alpha value is -4.50. The Kier molecular flexibility index (Phi) is 5.92. The summed E-state index contributed by atoms with van der Waals surface area (Å²) in [4.78, 5) is 30.8. The number of fused-ring (bicyclic) bond motifs is 3. The highest BCUT2D eigenvalue weighted by Gasteiger charge is 2.32. The quantitative estimate of drug-likeness (QED) is 0.287. The second-order valence-electron chi connectivity index (χ2n) is 9.05. The lowest BCUT2D eigenvalue weighted by Crippen LogP contribution is -2.38. The maximum absolute atomic E-state index is 13.9. The first kappa shape index (κ1) is 23.9. The zero-order chi connectivity index (χ0) is 26.4. The maximum Gasteiger partial charge on any atom is 0.280 e. The molecule has 0 fully saturated rings. The number of ether oxygens (including phenoxy) is 2. The van der Waals surface area contributed by atoms with Gasteiger partial charge in [0.05, 0.1) is 47.0 Å². The van der Waals surface area contributed by atoms with E-state index >= 15 is 0 Å². The van der Waals surface area contributed by atoms with Crippen molar-refractivity contribution in [3.8, 4) is 11.5 Å². The fraction of sp³-hybridized carbons (Fsp3) is 0.172. The van der Waals surface area contributed by atoms with Gasteiger partial charge < -0.3 is 9.47 Å². The van der Waals surface area contributed by atoms with Gasteiger partial charge in [0, 0.05) is 5.56 Å². The third kappa shape index (κ3) is 3.83. The molecule has 1 unspecified atom stereocenters. The van der Waals surface area contributed by atoms with Crippen LogP contribution in [-0.4, -0.2) is 23.7 Å². The molecule has 0 N–H and O–H groups in total. The Bertz CT molecular complexity index is 1800. The number of nitro groups is 1. The first-order valence-corrected chi connectivity index (χ1v) is 12.9. The van der Waals surface area contributed by atoms with Crippen molar-refractivity contribution in [2.24, 2.45) is 4.99 Å². The second kappa shape index (κ2) is 9.42. The van der Waals surface area contributed by atoms with Gasteiger partial charge in [0.25, 0.3) is 11.2 Å². The van der Waals surface area contributed by atoms with Crippen molar-refractivity contribution in [2.45, 2.75) is 18.9 Å². The molecular weight excluding hydrogens is 502 g/mol. The highest BCUT2D eigenvalue weighted by molar-refractivity contribution is 7.07. The number of nitrogens with zero attached hydrogens (tertiary/aromatic N) is 3. The Labute approximate surface area is 221 Å². The first-order chi connectivity index (χ1) is 18.5. The van der Waals surface area contributed by atoms with Crippen LogP contribution in [0.25, 0.3) is 11.8 Å². The van der Waals surface area contributed by atoms with Crippen LogP contribution in [0.2, 0.25) is 0 Å². The largest absolute Gasteiger partial charge is 0.493 e. The summed E-state index contributed by atoms with van der Waals surface area (Å²) in [5.41, 5.74) is 5.17. The third-order valence-corrected chi connectivity index (χ3v) is 7.99. The summed E-state index contributed by atoms with van der Waals surface area (Å²) in [5, 5.41) is 11.9. The average molecular weight is 526 g/mol. The van der Waals surface area contributed by atoms with Crippen LogP contribution in [0.15, 0.2) is 82.1 Å². The van der Waals surface area contributed by atoms with E-state index in [1.54, 1.807) is 10.6 Å². The molecule has 1 aromatic heterocycles. The minimum atomic E-state index is -0.493. The van der Waals surface area contributed by atoms with Crippen molar-refractivity contribution in [1.82, 2.24) is 4.57 Å². The molecular formula is C29H23N3O5S. The number of allylic oxidation sites excluding steroid dienone is 1. The number of methoxy groups -OCH3 is 2. The van der Waals surface area contributed by atoms with Crippen molar-refractivity contribution < 1.29 is 14.4 Å².